The Morgan fingerprint density at radius 2 is 1.95 bits per heavy atom. The van der Waals surface area contributed by atoms with Crippen LogP contribution in [0, 0.1) is 0 Å². The van der Waals surface area contributed by atoms with E-state index in [0.29, 0.717) is 0 Å². The van der Waals surface area contributed by atoms with Crippen molar-refractivity contribution >= 4 is 19.5 Å². The minimum atomic E-state index is -4.36. The normalized spacial score (nSPS) is 26.0. The molecular weight excluding hydrogens is 511 g/mol. The van der Waals surface area contributed by atoms with E-state index >= 15 is 0 Å². The van der Waals surface area contributed by atoms with Crippen LogP contribution < -0.4 is 21.0 Å². The number of para-hydroxylation sites is 1. The lowest BCUT2D eigenvalue weighted by molar-refractivity contribution is -0.267. The molecule has 1 aromatic carbocycles. The van der Waals surface area contributed by atoms with Gasteiger partial charge in [-0.25, -0.2) is 9.36 Å². The fraction of sp³-hybridized carbons (Fsp3) is 0.500. The molecule has 0 radical (unpaired) electrons. The topological polar surface area (TPSA) is 194 Å². The van der Waals surface area contributed by atoms with Gasteiger partial charge in [0, 0.05) is 13.3 Å². The average Bonchev–Trinajstić information content (AvgIpc) is 3.08. The fourth-order valence-corrected chi connectivity index (χ4v) is 4.97. The van der Waals surface area contributed by atoms with Gasteiger partial charge in [0.25, 0.3) is 0 Å². The highest BCUT2D eigenvalue weighted by molar-refractivity contribution is 7.52. The number of ether oxygens (including phenoxy) is 3. The second kappa shape index (κ2) is 11.7. The van der Waals surface area contributed by atoms with Crippen molar-refractivity contribution in [3.8, 4) is 5.75 Å². The van der Waals surface area contributed by atoms with Gasteiger partial charge in [0.2, 0.25) is 5.79 Å². The standard InChI is InChI=1S/C22H31N4O10P/c1-13(2)34-20(29)14(3)25-37(31,36-15-8-6-5-7-9-15)33-12-22(32-4)18(28)17(27)19(35-22)26-11-10-16(23)24-21(26)30/h5-11,13-14,17-19,27-28H,12H2,1-4H3,(H,25,31)(H2,23,24,30)/t14-,17-,18+,19-,22-,37-/m1/s1. The van der Waals surface area contributed by atoms with Gasteiger partial charge in [-0.2, -0.15) is 10.1 Å². The Hall–Kier alpha value is -2.84. The third kappa shape index (κ3) is 6.73. The van der Waals surface area contributed by atoms with E-state index in [1.54, 1.807) is 32.0 Å². The van der Waals surface area contributed by atoms with E-state index in [1.165, 1.54) is 31.3 Å². The first-order valence-electron chi connectivity index (χ1n) is 11.3. The molecular formula is C22H31N4O10P. The van der Waals surface area contributed by atoms with Crippen LogP contribution in [0.3, 0.4) is 0 Å². The highest BCUT2D eigenvalue weighted by atomic mass is 31.2. The molecule has 0 amide bonds. The van der Waals surface area contributed by atoms with E-state index in [2.05, 4.69) is 10.1 Å². The molecule has 2 aromatic rings. The molecule has 1 aliphatic rings. The van der Waals surface area contributed by atoms with Crippen molar-refractivity contribution in [3.05, 3.63) is 53.1 Å². The molecule has 14 nitrogen and oxygen atoms in total. The molecule has 0 saturated carbocycles. The van der Waals surface area contributed by atoms with Gasteiger partial charge in [0.05, 0.1) is 6.10 Å². The third-order valence-corrected chi connectivity index (χ3v) is 6.94. The SMILES string of the molecule is CO[C@]1(CO[P@](=O)(N[C@H](C)C(=O)OC(C)C)Oc2ccccc2)O[C@@H](n2ccc(N)nc2=O)[C@H](O)[C@@H]1O. The number of aliphatic hydroxyl groups is 2. The van der Waals surface area contributed by atoms with E-state index in [4.69, 9.17) is 29.0 Å². The molecule has 2 heterocycles. The summed E-state index contributed by atoms with van der Waals surface area (Å²) in [5.74, 6) is -2.70. The van der Waals surface area contributed by atoms with Crippen LogP contribution in [-0.4, -0.2) is 69.6 Å². The molecule has 1 aromatic heterocycles. The van der Waals surface area contributed by atoms with Gasteiger partial charge in [-0.1, -0.05) is 18.2 Å². The lowest BCUT2D eigenvalue weighted by Gasteiger charge is -2.32. The number of hydrogen-bond acceptors (Lipinski definition) is 12. The Labute approximate surface area is 212 Å². The molecule has 0 bridgehead atoms. The first kappa shape index (κ1) is 28.7. The summed E-state index contributed by atoms with van der Waals surface area (Å²) in [5, 5.41) is 23.9. The minimum Gasteiger partial charge on any atom is -0.462 e. The van der Waals surface area contributed by atoms with Crippen LogP contribution in [0.5, 0.6) is 5.75 Å². The molecule has 3 rings (SSSR count). The van der Waals surface area contributed by atoms with Gasteiger partial charge < -0.3 is 34.7 Å². The maximum absolute atomic E-state index is 13.7. The van der Waals surface area contributed by atoms with Gasteiger partial charge in [0.15, 0.2) is 6.23 Å². The summed E-state index contributed by atoms with van der Waals surface area (Å²) in [6.07, 6.45) is -4.07. The molecule has 1 aliphatic heterocycles. The number of nitrogens with two attached hydrogens (primary N) is 1. The summed E-state index contributed by atoms with van der Waals surface area (Å²) in [7, 11) is -3.20. The van der Waals surface area contributed by atoms with Gasteiger partial charge in [-0.3, -0.25) is 13.9 Å². The minimum absolute atomic E-state index is 0.0502. The molecule has 204 valence electrons. The summed E-state index contributed by atoms with van der Waals surface area (Å²) in [6, 6.07) is 8.20. The Kier molecular flexibility index (Phi) is 9.08. The number of nitrogens with zero attached hydrogens (tertiary/aromatic N) is 2. The Morgan fingerprint density at radius 1 is 1.27 bits per heavy atom. The smallest absolute Gasteiger partial charge is 0.459 e. The van der Waals surface area contributed by atoms with Crippen LogP contribution in [0.4, 0.5) is 5.82 Å². The van der Waals surface area contributed by atoms with E-state index < -0.39 is 62.4 Å². The molecule has 1 fully saturated rings. The first-order chi connectivity index (χ1) is 17.4. The van der Waals surface area contributed by atoms with Crippen molar-refractivity contribution in [2.75, 3.05) is 19.5 Å². The van der Waals surface area contributed by atoms with Crippen molar-refractivity contribution in [1.29, 1.82) is 0 Å². The number of esters is 1. The summed E-state index contributed by atoms with van der Waals surface area (Å²) in [4.78, 5) is 28.2. The predicted octanol–water partition coefficient (Wildman–Crippen LogP) is 0.552. The van der Waals surface area contributed by atoms with Gasteiger partial charge in [-0.05, 0) is 39.0 Å². The van der Waals surface area contributed by atoms with E-state index in [9.17, 15) is 24.4 Å². The number of nitrogens with one attached hydrogen (secondary N) is 1. The number of benzene rings is 1. The van der Waals surface area contributed by atoms with Crippen LogP contribution in [0.15, 0.2) is 47.4 Å². The van der Waals surface area contributed by atoms with E-state index in [-0.39, 0.29) is 11.6 Å². The maximum Gasteiger partial charge on any atom is 0.459 e. The van der Waals surface area contributed by atoms with Crippen molar-refractivity contribution in [1.82, 2.24) is 14.6 Å². The molecule has 15 heteroatoms. The second-order valence-corrected chi connectivity index (χ2v) is 10.2. The van der Waals surface area contributed by atoms with E-state index in [0.717, 1.165) is 11.7 Å². The summed E-state index contributed by atoms with van der Waals surface area (Å²) < 4.78 is 42.0. The Bertz CT molecular complexity index is 1180. The highest BCUT2D eigenvalue weighted by Crippen LogP contribution is 2.48. The number of carbonyl (C=O) groups excluding carboxylic acids is 1. The summed E-state index contributed by atoms with van der Waals surface area (Å²) in [6.45, 7) is 3.97. The number of methoxy groups -OCH3 is 1. The van der Waals surface area contributed by atoms with Crippen molar-refractivity contribution < 1.29 is 42.8 Å². The first-order valence-corrected chi connectivity index (χ1v) is 12.9. The van der Waals surface area contributed by atoms with Crippen LogP contribution in [-0.2, 0) is 28.1 Å². The van der Waals surface area contributed by atoms with Crippen LogP contribution >= 0.6 is 7.75 Å². The molecule has 0 spiro atoms. The quantitative estimate of drug-likeness (QED) is 0.227. The maximum atomic E-state index is 13.7. The van der Waals surface area contributed by atoms with E-state index in [1.807, 2.05) is 0 Å². The number of hydrogen-bond donors (Lipinski definition) is 4. The van der Waals surface area contributed by atoms with Gasteiger partial charge in [0.1, 0.15) is 36.4 Å². The Morgan fingerprint density at radius 3 is 2.54 bits per heavy atom. The summed E-state index contributed by atoms with van der Waals surface area (Å²) in [5.41, 5.74) is 4.66. The lowest BCUT2D eigenvalue weighted by Crippen LogP contribution is -2.49. The highest BCUT2D eigenvalue weighted by Gasteiger charge is 2.57. The van der Waals surface area contributed by atoms with Crippen LogP contribution in [0.2, 0.25) is 0 Å². The molecule has 37 heavy (non-hydrogen) atoms. The van der Waals surface area contributed by atoms with Crippen molar-refractivity contribution in [2.45, 2.75) is 57.1 Å². The predicted molar refractivity (Wildman–Crippen MR) is 129 cm³/mol. The van der Waals surface area contributed by atoms with Crippen LogP contribution in [0.25, 0.3) is 0 Å². The molecule has 0 aliphatic carbocycles. The zero-order valence-electron chi connectivity index (χ0n) is 20.7. The molecule has 5 N–H and O–H groups in total. The monoisotopic (exact) mass is 542 g/mol. The van der Waals surface area contributed by atoms with Gasteiger partial charge >= 0.3 is 19.4 Å². The van der Waals surface area contributed by atoms with Crippen molar-refractivity contribution in [3.63, 3.8) is 0 Å². The number of aliphatic hydroxyl groups excluding tert-OH is 2. The van der Waals surface area contributed by atoms with Crippen molar-refractivity contribution in [2.24, 2.45) is 0 Å². The largest absolute Gasteiger partial charge is 0.462 e. The fourth-order valence-electron chi connectivity index (χ4n) is 3.46. The number of nitrogen functional groups attached to an aromatic ring is 1. The number of carbonyl (C=O) groups is 1. The van der Waals surface area contributed by atoms with Gasteiger partial charge in [-0.15, -0.1) is 0 Å². The number of anilines is 1. The second-order valence-electron chi connectivity index (χ2n) is 8.51. The molecule has 0 unspecified atom stereocenters. The number of aromatic nitrogens is 2. The van der Waals surface area contributed by atoms with Crippen LogP contribution in [0.1, 0.15) is 27.0 Å². The Balaban J connectivity index is 1.85. The number of rotatable bonds is 11. The summed E-state index contributed by atoms with van der Waals surface area (Å²) >= 11 is 0. The molecule has 6 atom stereocenters. The lowest BCUT2D eigenvalue weighted by atomic mass is 10.1. The average molecular weight is 542 g/mol. The zero-order valence-corrected chi connectivity index (χ0v) is 21.6. The third-order valence-electron chi connectivity index (χ3n) is 5.32. The molecule has 1 saturated heterocycles. The zero-order chi connectivity index (χ0) is 27.4.